The molecular formula is C20H20N4O6S. The summed E-state index contributed by atoms with van der Waals surface area (Å²) in [7, 11) is -3.31. The van der Waals surface area contributed by atoms with E-state index in [1.54, 1.807) is 16.8 Å². The van der Waals surface area contributed by atoms with Crippen molar-refractivity contribution in [1.82, 2.24) is 9.78 Å². The van der Waals surface area contributed by atoms with Gasteiger partial charge < -0.3 is 10.0 Å². The number of oxime groups is 1. The lowest BCUT2D eigenvalue weighted by Crippen LogP contribution is -2.13. The van der Waals surface area contributed by atoms with E-state index >= 15 is 0 Å². The molecule has 31 heavy (non-hydrogen) atoms. The summed E-state index contributed by atoms with van der Waals surface area (Å²) in [4.78, 5) is 14.8. The van der Waals surface area contributed by atoms with Gasteiger partial charge in [-0.2, -0.15) is 5.10 Å². The highest BCUT2D eigenvalue weighted by molar-refractivity contribution is 7.90. The van der Waals surface area contributed by atoms with Crippen LogP contribution in [0.15, 0.2) is 70.7 Å². The molecule has 0 aliphatic carbocycles. The maximum atomic E-state index is 11.7. The Bertz CT molecular complexity index is 1190. The zero-order valence-corrected chi connectivity index (χ0v) is 17.4. The molecule has 11 heteroatoms. The largest absolute Gasteiger partial charge is 0.411 e. The molecule has 1 aromatic heterocycles. The number of aryl methyl sites for hydroxylation is 1. The molecule has 0 unspecified atom stereocenters. The van der Waals surface area contributed by atoms with Crippen LogP contribution in [-0.4, -0.2) is 47.1 Å². The number of hydrogen-bond acceptors (Lipinski definition) is 8. The molecule has 0 fully saturated rings. The molecule has 0 amide bonds. The van der Waals surface area contributed by atoms with Gasteiger partial charge in [-0.15, -0.1) is 10.1 Å². The first-order chi connectivity index (χ1) is 14.8. The Kier molecular flexibility index (Phi) is 6.65. The smallest absolute Gasteiger partial charge is 0.294 e. The fourth-order valence-corrected chi connectivity index (χ4v) is 3.58. The summed E-state index contributed by atoms with van der Waals surface area (Å²) in [6, 6.07) is 17.7. The molecule has 0 saturated carbocycles. The van der Waals surface area contributed by atoms with E-state index in [1.165, 1.54) is 12.1 Å². The lowest BCUT2D eigenvalue weighted by molar-refractivity contribution is -0.753. The molecule has 0 atom stereocenters. The summed E-state index contributed by atoms with van der Waals surface area (Å²) >= 11 is 0. The lowest BCUT2D eigenvalue weighted by atomic mass is 10.1. The summed E-state index contributed by atoms with van der Waals surface area (Å²) in [6.45, 7) is -0.428. The van der Waals surface area contributed by atoms with Gasteiger partial charge in [-0.05, 0) is 43.2 Å². The van der Waals surface area contributed by atoms with Crippen LogP contribution in [0.25, 0.3) is 16.9 Å². The van der Waals surface area contributed by atoms with Gasteiger partial charge in [0, 0.05) is 11.8 Å². The topological polar surface area (TPSA) is 137 Å². The van der Waals surface area contributed by atoms with Gasteiger partial charge in [-0.1, -0.05) is 35.5 Å². The molecule has 1 heterocycles. The standard InChI is InChI=1S/C20H20N4O6S/c1-31(28,29)19-11-7-15(8-12-19)20-13-16(9-10-17(22-25)14-30-24(26)27)21-23(20)18-5-3-2-4-6-18/h2-8,11-13,25H,9-10,14H2,1H3/b22-17+. The number of rotatable bonds is 9. The summed E-state index contributed by atoms with van der Waals surface area (Å²) in [5.74, 6) is 0. The van der Waals surface area contributed by atoms with Crippen LogP contribution >= 0.6 is 0 Å². The quantitative estimate of drug-likeness (QED) is 0.232. The van der Waals surface area contributed by atoms with Crippen molar-refractivity contribution < 1.29 is 23.5 Å². The second-order valence-electron chi connectivity index (χ2n) is 6.73. The van der Waals surface area contributed by atoms with E-state index in [0.717, 1.165) is 23.2 Å². The Morgan fingerprint density at radius 1 is 1.19 bits per heavy atom. The number of aromatic nitrogens is 2. The van der Waals surface area contributed by atoms with Gasteiger partial charge >= 0.3 is 0 Å². The maximum absolute atomic E-state index is 11.7. The van der Waals surface area contributed by atoms with Crippen molar-refractivity contribution in [2.24, 2.45) is 5.16 Å². The monoisotopic (exact) mass is 444 g/mol. The van der Waals surface area contributed by atoms with E-state index in [1.807, 2.05) is 36.4 Å². The van der Waals surface area contributed by atoms with Crippen LogP contribution in [0.3, 0.4) is 0 Å². The van der Waals surface area contributed by atoms with Crippen molar-refractivity contribution in [2.45, 2.75) is 17.7 Å². The zero-order valence-electron chi connectivity index (χ0n) is 16.6. The van der Waals surface area contributed by atoms with Gasteiger partial charge in [-0.25, -0.2) is 13.1 Å². The van der Waals surface area contributed by atoms with Crippen molar-refractivity contribution in [3.05, 3.63) is 76.5 Å². The van der Waals surface area contributed by atoms with Crippen LogP contribution in [-0.2, 0) is 21.1 Å². The van der Waals surface area contributed by atoms with Gasteiger partial charge in [0.1, 0.15) is 6.61 Å². The molecule has 1 N–H and O–H groups in total. The average Bonchev–Trinajstić information content (AvgIpc) is 3.18. The second kappa shape index (κ2) is 9.39. The fraction of sp³-hybridized carbons (Fsp3) is 0.200. The van der Waals surface area contributed by atoms with Crippen molar-refractivity contribution in [2.75, 3.05) is 12.9 Å². The van der Waals surface area contributed by atoms with E-state index in [-0.39, 0.29) is 17.0 Å². The number of sulfone groups is 1. The Hall–Kier alpha value is -3.73. The van der Waals surface area contributed by atoms with Crippen LogP contribution in [0.4, 0.5) is 0 Å². The van der Waals surface area contributed by atoms with Crippen molar-refractivity contribution in [1.29, 1.82) is 0 Å². The van der Waals surface area contributed by atoms with Crippen LogP contribution < -0.4 is 0 Å². The molecule has 2 aromatic carbocycles. The Labute approximate surface area is 178 Å². The first-order valence-electron chi connectivity index (χ1n) is 9.20. The van der Waals surface area contributed by atoms with Gasteiger partial charge in [0.2, 0.25) is 0 Å². The van der Waals surface area contributed by atoms with E-state index in [0.29, 0.717) is 12.1 Å². The van der Waals surface area contributed by atoms with Crippen LogP contribution in [0, 0.1) is 10.1 Å². The Morgan fingerprint density at radius 2 is 1.87 bits per heavy atom. The summed E-state index contributed by atoms with van der Waals surface area (Å²) in [5.41, 5.74) is 3.09. The highest BCUT2D eigenvalue weighted by atomic mass is 32.2. The minimum absolute atomic E-state index is 0.116. The van der Waals surface area contributed by atoms with Crippen LogP contribution in [0.2, 0.25) is 0 Å². The van der Waals surface area contributed by atoms with E-state index in [4.69, 9.17) is 5.21 Å². The minimum Gasteiger partial charge on any atom is -0.411 e. The van der Waals surface area contributed by atoms with Gasteiger partial charge in [-0.3, -0.25) is 0 Å². The lowest BCUT2D eigenvalue weighted by Gasteiger charge is -2.08. The van der Waals surface area contributed by atoms with Crippen molar-refractivity contribution in [3.8, 4) is 16.9 Å². The third-order valence-electron chi connectivity index (χ3n) is 4.49. The second-order valence-corrected chi connectivity index (χ2v) is 8.74. The predicted molar refractivity (Wildman–Crippen MR) is 113 cm³/mol. The first kappa shape index (κ1) is 22.0. The van der Waals surface area contributed by atoms with Crippen LogP contribution in [0.1, 0.15) is 12.1 Å². The number of hydrogen-bond donors (Lipinski definition) is 1. The molecule has 3 rings (SSSR count). The molecule has 10 nitrogen and oxygen atoms in total. The molecule has 3 aromatic rings. The molecule has 0 spiro atoms. The molecule has 0 aliphatic heterocycles. The van der Waals surface area contributed by atoms with E-state index in [9.17, 15) is 18.5 Å². The van der Waals surface area contributed by atoms with E-state index in [2.05, 4.69) is 15.1 Å². The molecule has 0 saturated heterocycles. The number of nitrogens with zero attached hydrogens (tertiary/aromatic N) is 4. The van der Waals surface area contributed by atoms with Gasteiger partial charge in [0.25, 0.3) is 5.09 Å². The molecular weight excluding hydrogens is 424 g/mol. The van der Waals surface area contributed by atoms with E-state index < -0.39 is 21.5 Å². The zero-order chi connectivity index (χ0) is 22.4. The SMILES string of the molecule is CS(=O)(=O)c1ccc(-c2cc(CC/C(CO[N+](=O)[O-])=N\O)nn2-c2ccccc2)cc1. The highest BCUT2D eigenvalue weighted by Crippen LogP contribution is 2.26. The molecule has 162 valence electrons. The summed E-state index contributed by atoms with van der Waals surface area (Å²) in [5, 5.41) is 26.1. The molecule has 0 bridgehead atoms. The predicted octanol–water partition coefficient (Wildman–Crippen LogP) is 2.91. The average molecular weight is 444 g/mol. The molecule has 0 radical (unpaired) electrons. The highest BCUT2D eigenvalue weighted by Gasteiger charge is 2.14. The Balaban J connectivity index is 1.91. The first-order valence-corrected chi connectivity index (χ1v) is 11.1. The minimum atomic E-state index is -3.31. The van der Waals surface area contributed by atoms with Crippen LogP contribution in [0.5, 0.6) is 0 Å². The normalized spacial score (nSPS) is 12.0. The third-order valence-corrected chi connectivity index (χ3v) is 5.62. The summed E-state index contributed by atoms with van der Waals surface area (Å²) in [6.07, 6.45) is 1.72. The third kappa shape index (κ3) is 5.66. The number of benzene rings is 2. The maximum Gasteiger partial charge on any atom is 0.294 e. The number of para-hydroxylation sites is 1. The molecule has 0 aliphatic rings. The summed E-state index contributed by atoms with van der Waals surface area (Å²) < 4.78 is 25.2. The van der Waals surface area contributed by atoms with Gasteiger partial charge in [0.05, 0.1) is 27.7 Å². The fourth-order valence-electron chi connectivity index (χ4n) is 2.95. The van der Waals surface area contributed by atoms with Gasteiger partial charge in [0.15, 0.2) is 9.84 Å². The van der Waals surface area contributed by atoms with Crippen molar-refractivity contribution in [3.63, 3.8) is 0 Å². The van der Waals surface area contributed by atoms with Crippen molar-refractivity contribution >= 4 is 15.5 Å². The Morgan fingerprint density at radius 3 is 2.45 bits per heavy atom.